The van der Waals surface area contributed by atoms with E-state index in [0.717, 1.165) is 0 Å². The van der Waals surface area contributed by atoms with Gasteiger partial charge in [0.25, 0.3) is 0 Å². The maximum Gasteiger partial charge on any atom is 0.237 e. The van der Waals surface area contributed by atoms with Crippen LogP contribution in [0.4, 0.5) is 11.4 Å². The topological polar surface area (TPSA) is 58.2 Å². The van der Waals surface area contributed by atoms with Crippen LogP contribution in [0.15, 0.2) is 24.3 Å². The Morgan fingerprint density at radius 1 is 1.06 bits per heavy atom. The van der Waals surface area contributed by atoms with Gasteiger partial charge < -0.3 is 10.6 Å². The molecule has 0 heterocycles. The second-order valence-electron chi connectivity index (χ2n) is 4.44. The van der Waals surface area contributed by atoms with E-state index in [9.17, 15) is 9.59 Å². The first-order valence-corrected chi connectivity index (χ1v) is 6.28. The quantitative estimate of drug-likeness (QED) is 0.733. The molecule has 1 unspecified atom stereocenters. The lowest BCUT2D eigenvalue weighted by Gasteiger charge is -2.14. The molecule has 0 aliphatic rings. The molecule has 1 aromatic rings. The molecule has 0 bridgehead atoms. The molecule has 1 atom stereocenters. The maximum atomic E-state index is 11.8. The van der Waals surface area contributed by atoms with E-state index in [1.165, 1.54) is 6.92 Å². The predicted molar refractivity (Wildman–Crippen MR) is 77.0 cm³/mol. The van der Waals surface area contributed by atoms with E-state index < -0.39 is 0 Å². The Morgan fingerprint density at radius 2 is 1.50 bits per heavy atom. The molecule has 1 rings (SSSR count). The number of carbonyl (C=O) groups excluding carboxylic acids is 2. The summed E-state index contributed by atoms with van der Waals surface area (Å²) in [5.74, 6) is -0.0744. The van der Waals surface area contributed by atoms with Crippen LogP contribution in [0.3, 0.4) is 0 Å². The third-order valence-corrected chi connectivity index (χ3v) is 3.20. The Balaban J connectivity index is 2.63. The molecule has 5 heteroatoms. The molecule has 0 fully saturated rings. The molecule has 2 amide bonds. The summed E-state index contributed by atoms with van der Waals surface area (Å²) >= 11 is 4.25. The minimum atomic E-state index is -0.333. The molecule has 2 N–H and O–H groups in total. The zero-order valence-corrected chi connectivity index (χ0v) is 11.6. The fourth-order valence-corrected chi connectivity index (χ4v) is 1.42. The van der Waals surface area contributed by atoms with Gasteiger partial charge in [-0.2, -0.15) is 12.6 Å². The molecular formula is C13H18N2O2S. The average Bonchev–Trinajstić information content (AvgIpc) is 2.29. The van der Waals surface area contributed by atoms with E-state index >= 15 is 0 Å². The number of amides is 2. The molecule has 0 radical (unpaired) electrons. The number of benzene rings is 1. The lowest BCUT2D eigenvalue weighted by molar-refractivity contribution is -0.116. The van der Waals surface area contributed by atoms with Gasteiger partial charge in [-0.3, -0.25) is 9.59 Å². The third-order valence-electron chi connectivity index (χ3n) is 2.37. The molecule has 1 aromatic carbocycles. The van der Waals surface area contributed by atoms with Gasteiger partial charge in [0.1, 0.15) is 0 Å². The second-order valence-corrected chi connectivity index (χ2v) is 4.99. The summed E-state index contributed by atoms with van der Waals surface area (Å²) in [4.78, 5) is 22.6. The fraction of sp³-hybridized carbons (Fsp3) is 0.385. The first-order valence-electron chi connectivity index (χ1n) is 5.76. The van der Waals surface area contributed by atoms with Crippen LogP contribution in [0.1, 0.15) is 20.8 Å². The Hall–Kier alpha value is -1.49. The van der Waals surface area contributed by atoms with Crippen molar-refractivity contribution in [1.82, 2.24) is 0 Å². The summed E-state index contributed by atoms with van der Waals surface area (Å²) in [6, 6.07) is 6.95. The van der Waals surface area contributed by atoms with Crippen molar-refractivity contribution in [3.8, 4) is 0 Å². The van der Waals surface area contributed by atoms with Gasteiger partial charge in [0.05, 0.1) is 5.25 Å². The smallest absolute Gasteiger partial charge is 0.237 e. The van der Waals surface area contributed by atoms with E-state index in [-0.39, 0.29) is 23.0 Å². The van der Waals surface area contributed by atoms with Crippen LogP contribution in [0.2, 0.25) is 0 Å². The minimum Gasteiger partial charge on any atom is -0.326 e. The van der Waals surface area contributed by atoms with Crippen LogP contribution in [0.25, 0.3) is 0 Å². The first-order chi connectivity index (χ1) is 8.40. The van der Waals surface area contributed by atoms with Crippen LogP contribution in [0.5, 0.6) is 0 Å². The standard InChI is InChI=1S/C13H18N2O2S/c1-8(2)12(18)13(17)15-11-6-4-10(5-7-11)14-9(3)16/h4-8,12,18H,1-3H3,(H,14,16)(H,15,17). The maximum absolute atomic E-state index is 11.8. The highest BCUT2D eigenvalue weighted by atomic mass is 32.1. The highest BCUT2D eigenvalue weighted by Crippen LogP contribution is 2.16. The summed E-state index contributed by atoms with van der Waals surface area (Å²) in [5, 5.41) is 5.10. The van der Waals surface area contributed by atoms with Crippen LogP contribution in [-0.4, -0.2) is 17.1 Å². The van der Waals surface area contributed by atoms with Gasteiger partial charge in [0.15, 0.2) is 0 Å². The molecular weight excluding hydrogens is 248 g/mol. The molecule has 0 aliphatic carbocycles. The van der Waals surface area contributed by atoms with Crippen molar-refractivity contribution >= 4 is 35.8 Å². The van der Waals surface area contributed by atoms with Crippen molar-refractivity contribution in [2.75, 3.05) is 10.6 Å². The fourth-order valence-electron chi connectivity index (χ4n) is 1.36. The Kier molecular flexibility index (Phi) is 5.22. The van der Waals surface area contributed by atoms with E-state index in [4.69, 9.17) is 0 Å². The molecule has 18 heavy (non-hydrogen) atoms. The highest BCUT2D eigenvalue weighted by Gasteiger charge is 2.17. The Morgan fingerprint density at radius 3 is 1.89 bits per heavy atom. The summed E-state index contributed by atoms with van der Waals surface area (Å²) in [7, 11) is 0. The molecule has 0 spiro atoms. The number of carbonyl (C=O) groups is 2. The van der Waals surface area contributed by atoms with Crippen LogP contribution in [0, 0.1) is 5.92 Å². The molecule has 0 aromatic heterocycles. The van der Waals surface area contributed by atoms with E-state index in [2.05, 4.69) is 23.3 Å². The third kappa shape index (κ3) is 4.41. The summed E-state index contributed by atoms with van der Waals surface area (Å²) in [5.41, 5.74) is 1.39. The monoisotopic (exact) mass is 266 g/mol. The van der Waals surface area contributed by atoms with Crippen molar-refractivity contribution in [3.63, 3.8) is 0 Å². The number of rotatable bonds is 4. The van der Waals surface area contributed by atoms with Crippen LogP contribution >= 0.6 is 12.6 Å². The highest BCUT2D eigenvalue weighted by molar-refractivity contribution is 7.81. The van der Waals surface area contributed by atoms with Gasteiger partial charge in [-0.05, 0) is 30.2 Å². The number of anilines is 2. The number of nitrogens with one attached hydrogen (secondary N) is 2. The number of hydrogen-bond donors (Lipinski definition) is 3. The number of hydrogen-bond acceptors (Lipinski definition) is 3. The molecule has 98 valence electrons. The van der Waals surface area contributed by atoms with E-state index in [1.54, 1.807) is 24.3 Å². The Labute approximate surface area is 113 Å². The lowest BCUT2D eigenvalue weighted by Crippen LogP contribution is -2.27. The molecule has 0 saturated heterocycles. The second kappa shape index (κ2) is 6.44. The SMILES string of the molecule is CC(=O)Nc1ccc(NC(=O)C(S)C(C)C)cc1. The van der Waals surface area contributed by atoms with Crippen molar-refractivity contribution in [1.29, 1.82) is 0 Å². The Bertz CT molecular complexity index is 429. The van der Waals surface area contributed by atoms with Crippen molar-refractivity contribution in [2.45, 2.75) is 26.0 Å². The van der Waals surface area contributed by atoms with Crippen molar-refractivity contribution < 1.29 is 9.59 Å². The van der Waals surface area contributed by atoms with Gasteiger partial charge in [0.2, 0.25) is 11.8 Å². The minimum absolute atomic E-state index is 0.123. The normalized spacial score (nSPS) is 12.1. The summed E-state index contributed by atoms with van der Waals surface area (Å²) < 4.78 is 0. The molecule has 0 saturated carbocycles. The summed E-state index contributed by atoms with van der Waals surface area (Å²) in [6.45, 7) is 5.33. The molecule has 4 nitrogen and oxygen atoms in total. The van der Waals surface area contributed by atoms with Crippen LogP contribution in [-0.2, 0) is 9.59 Å². The number of thiol groups is 1. The van der Waals surface area contributed by atoms with E-state index in [1.807, 2.05) is 13.8 Å². The van der Waals surface area contributed by atoms with Gasteiger partial charge in [-0.1, -0.05) is 13.8 Å². The van der Waals surface area contributed by atoms with E-state index in [0.29, 0.717) is 11.4 Å². The zero-order valence-electron chi connectivity index (χ0n) is 10.7. The van der Waals surface area contributed by atoms with Crippen LogP contribution < -0.4 is 10.6 Å². The average molecular weight is 266 g/mol. The molecule has 0 aliphatic heterocycles. The lowest BCUT2D eigenvalue weighted by atomic mass is 10.1. The van der Waals surface area contributed by atoms with Gasteiger partial charge >= 0.3 is 0 Å². The van der Waals surface area contributed by atoms with Crippen molar-refractivity contribution in [2.24, 2.45) is 5.92 Å². The van der Waals surface area contributed by atoms with Gasteiger partial charge in [-0.25, -0.2) is 0 Å². The first kappa shape index (κ1) is 14.6. The van der Waals surface area contributed by atoms with Gasteiger partial charge in [-0.15, -0.1) is 0 Å². The largest absolute Gasteiger partial charge is 0.326 e. The van der Waals surface area contributed by atoms with Crippen molar-refractivity contribution in [3.05, 3.63) is 24.3 Å². The summed E-state index contributed by atoms with van der Waals surface area (Å²) in [6.07, 6.45) is 0. The zero-order chi connectivity index (χ0) is 13.7. The predicted octanol–water partition coefficient (Wildman–Crippen LogP) is 2.54. The van der Waals surface area contributed by atoms with Gasteiger partial charge in [0, 0.05) is 18.3 Å².